The molecule has 1 aromatic carbocycles. The molecule has 1 nitrogen and oxygen atoms in total. The highest BCUT2D eigenvalue weighted by atomic mass is 79.9. The van der Waals surface area contributed by atoms with Gasteiger partial charge in [-0.05, 0) is 56.4 Å². The van der Waals surface area contributed by atoms with Crippen molar-refractivity contribution < 1.29 is 12.3 Å². The van der Waals surface area contributed by atoms with Gasteiger partial charge in [-0.1, -0.05) is 43.1 Å². The molecule has 0 N–H and O–H groups in total. The fourth-order valence-electron chi connectivity index (χ4n) is 2.25. The van der Waals surface area contributed by atoms with Crippen LogP contribution in [0.1, 0.15) is 55.9 Å². The van der Waals surface area contributed by atoms with E-state index in [4.69, 9.17) is 12.3 Å². The minimum Gasteiger partial charge on any atom is -0.309 e. The number of rotatable bonds is 6. The molecule has 0 spiro atoms. The third kappa shape index (κ3) is 4.19. The molecule has 0 fully saturated rings. The van der Waals surface area contributed by atoms with Gasteiger partial charge in [-0.3, -0.25) is 0 Å². The number of hydrogen-bond acceptors (Lipinski definition) is 1. The molecular weight excluding hydrogens is 298 g/mol. The van der Waals surface area contributed by atoms with E-state index < -0.39 is 26.0 Å². The van der Waals surface area contributed by atoms with Crippen molar-refractivity contribution in [3.63, 3.8) is 0 Å². The molecule has 0 heterocycles. The van der Waals surface area contributed by atoms with E-state index in [9.17, 15) is 0 Å². The summed E-state index contributed by atoms with van der Waals surface area (Å²) in [4.78, 5) is 1.93. The molecule has 0 unspecified atom stereocenters. The number of allylic oxidation sites excluding steroid dienone is 1. The molecule has 2 rings (SSSR count). The number of benzene rings is 1. The number of fused-ring (bicyclic) bond motifs is 1. The highest BCUT2D eigenvalue weighted by molar-refractivity contribution is 8.93. The van der Waals surface area contributed by atoms with Gasteiger partial charge in [-0.15, -0.1) is 17.0 Å². The zero-order valence-corrected chi connectivity index (χ0v) is 13.0. The van der Waals surface area contributed by atoms with Gasteiger partial charge in [0.05, 0.1) is 0 Å². The van der Waals surface area contributed by atoms with E-state index in [-0.39, 0.29) is 22.6 Å². The van der Waals surface area contributed by atoms with Crippen LogP contribution in [0.2, 0.25) is 0 Å². The van der Waals surface area contributed by atoms with Crippen molar-refractivity contribution in [1.29, 1.82) is 0 Å². The lowest BCUT2D eigenvalue weighted by atomic mass is 9.99. The van der Waals surface area contributed by atoms with Gasteiger partial charge in [0.2, 0.25) is 0 Å². The number of halogens is 1. The predicted molar refractivity (Wildman–Crippen MR) is 90.1 cm³/mol. The van der Waals surface area contributed by atoms with Crippen molar-refractivity contribution >= 4 is 22.6 Å². The van der Waals surface area contributed by atoms with Gasteiger partial charge in [0, 0.05) is 18.9 Å². The molecule has 2 heteroatoms. The molecule has 0 amide bonds. The Kier molecular flexibility index (Phi) is 3.07. The highest BCUT2D eigenvalue weighted by Crippen LogP contribution is 2.37. The van der Waals surface area contributed by atoms with Crippen LogP contribution in [0, 0.1) is 0 Å². The molecule has 0 aromatic heterocycles. The van der Waals surface area contributed by atoms with Crippen LogP contribution in [0.15, 0.2) is 29.8 Å². The van der Waals surface area contributed by atoms with Crippen molar-refractivity contribution in [3.8, 4) is 0 Å². The third-order valence-electron chi connectivity index (χ3n) is 3.15. The molecule has 106 valence electrons. The molecule has 1 aliphatic carbocycles. The van der Waals surface area contributed by atoms with Crippen LogP contribution in [-0.4, -0.2) is 25.5 Å². The molecule has 0 saturated carbocycles. The maximum atomic E-state index is 8.54. The van der Waals surface area contributed by atoms with E-state index in [1.807, 2.05) is 31.1 Å². The van der Waals surface area contributed by atoms with Gasteiger partial charge < -0.3 is 4.90 Å². The van der Waals surface area contributed by atoms with Crippen LogP contribution >= 0.6 is 17.0 Å². The molecule has 0 saturated heterocycles. The molecular formula is C17H26BrN. The Morgan fingerprint density at radius 1 is 1.32 bits per heavy atom. The summed E-state index contributed by atoms with van der Waals surface area (Å²) < 4.78 is 71.5. The second-order valence-electron chi connectivity index (χ2n) is 4.74. The Hall–Kier alpha value is -0.600. The topological polar surface area (TPSA) is 3.24 Å². The van der Waals surface area contributed by atoms with E-state index in [0.717, 1.165) is 5.56 Å². The van der Waals surface area contributed by atoms with Gasteiger partial charge in [0.15, 0.2) is 0 Å². The Labute approximate surface area is 141 Å². The first kappa shape index (κ1) is 7.42. The molecule has 0 bridgehead atoms. The van der Waals surface area contributed by atoms with Gasteiger partial charge in [0.25, 0.3) is 0 Å². The van der Waals surface area contributed by atoms with Crippen LogP contribution in [0.4, 0.5) is 0 Å². The van der Waals surface area contributed by atoms with Crippen LogP contribution in [0.5, 0.6) is 0 Å². The Bertz CT molecular complexity index is 738. The quantitative estimate of drug-likeness (QED) is 0.728. The summed E-state index contributed by atoms with van der Waals surface area (Å²) in [7, 11) is 3.76. The summed E-state index contributed by atoms with van der Waals surface area (Å²) in [5, 5.41) is 0. The summed E-state index contributed by atoms with van der Waals surface area (Å²) >= 11 is 0. The lowest BCUT2D eigenvalue weighted by Gasteiger charge is -2.12. The standard InChI is InChI=1S/C17H25N.BrH/c1-4-5-9-16-15(11-12-18(2)3)13-14-8-6-7-10-17(14)16;/h6-8,10H,4-5,9,11-13H2,1-3H3;1H/i1D3,4D2,5D2,9D2;. The van der Waals surface area contributed by atoms with Crippen LogP contribution < -0.4 is 0 Å². The Morgan fingerprint density at radius 3 is 2.84 bits per heavy atom. The predicted octanol–water partition coefficient (Wildman–Crippen LogP) is 4.72. The SMILES string of the molecule is Br.[2H]C([2H])([2H])C([2H])([2H])C([2H])([2H])C([2H])([2H])C1=C(CCN(C)C)Cc2ccccc21. The second kappa shape index (κ2) is 7.86. The zero-order chi connectivity index (χ0) is 20.8. The smallest absolute Gasteiger partial charge is 0.0316 e. The molecule has 0 aliphatic heterocycles. The Morgan fingerprint density at radius 2 is 2.11 bits per heavy atom. The lowest BCUT2D eigenvalue weighted by Crippen LogP contribution is -2.13. The monoisotopic (exact) mass is 332 g/mol. The van der Waals surface area contributed by atoms with E-state index in [2.05, 4.69) is 0 Å². The van der Waals surface area contributed by atoms with Gasteiger partial charge >= 0.3 is 0 Å². The second-order valence-corrected chi connectivity index (χ2v) is 4.74. The molecule has 1 aliphatic rings. The largest absolute Gasteiger partial charge is 0.309 e. The van der Waals surface area contributed by atoms with Crippen LogP contribution in [-0.2, 0) is 6.42 Å². The molecule has 19 heavy (non-hydrogen) atoms. The number of hydrogen-bond donors (Lipinski definition) is 0. The molecule has 1 aromatic rings. The van der Waals surface area contributed by atoms with E-state index in [0.29, 0.717) is 30.5 Å². The Balaban J connectivity index is 0.00000392. The van der Waals surface area contributed by atoms with Crippen molar-refractivity contribution in [2.24, 2.45) is 0 Å². The summed E-state index contributed by atoms with van der Waals surface area (Å²) in [6.45, 7) is -2.68. The maximum absolute atomic E-state index is 8.54. The first-order valence-corrected chi connectivity index (χ1v) is 6.10. The minimum absolute atomic E-state index is 0. The molecule has 0 radical (unpaired) electrons. The van der Waals surface area contributed by atoms with Gasteiger partial charge in [0.1, 0.15) is 0 Å². The summed E-state index contributed by atoms with van der Waals surface area (Å²) in [5.41, 5.74) is 2.13. The first-order valence-electron chi connectivity index (χ1n) is 10.6. The lowest BCUT2D eigenvalue weighted by molar-refractivity contribution is 0.412. The first-order chi connectivity index (χ1) is 12.1. The van der Waals surface area contributed by atoms with E-state index in [1.54, 1.807) is 12.1 Å². The normalized spacial score (nSPS) is 23.6. The van der Waals surface area contributed by atoms with Crippen molar-refractivity contribution in [2.75, 3.05) is 20.6 Å². The highest BCUT2D eigenvalue weighted by Gasteiger charge is 2.20. The number of nitrogens with zero attached hydrogens (tertiary/aromatic N) is 1. The van der Waals surface area contributed by atoms with E-state index >= 15 is 0 Å². The van der Waals surface area contributed by atoms with Crippen LogP contribution in [0.3, 0.4) is 0 Å². The third-order valence-corrected chi connectivity index (χ3v) is 3.15. The maximum Gasteiger partial charge on any atom is 0.0316 e. The average Bonchev–Trinajstić information content (AvgIpc) is 2.90. The van der Waals surface area contributed by atoms with Gasteiger partial charge in [-0.25, -0.2) is 0 Å². The van der Waals surface area contributed by atoms with Crippen LogP contribution in [0.25, 0.3) is 5.57 Å². The zero-order valence-electron chi connectivity index (χ0n) is 20.3. The minimum atomic E-state index is -3.36. The summed E-state index contributed by atoms with van der Waals surface area (Å²) in [5.74, 6) is 0. The fourth-order valence-corrected chi connectivity index (χ4v) is 2.25. The van der Waals surface area contributed by atoms with E-state index in [1.165, 1.54) is 0 Å². The van der Waals surface area contributed by atoms with Crippen molar-refractivity contribution in [2.45, 2.75) is 38.8 Å². The van der Waals surface area contributed by atoms with Crippen molar-refractivity contribution in [1.82, 2.24) is 4.90 Å². The fraction of sp³-hybridized carbons (Fsp3) is 0.529. The van der Waals surface area contributed by atoms with Gasteiger partial charge in [-0.2, -0.15) is 0 Å². The average molecular weight is 333 g/mol. The van der Waals surface area contributed by atoms with Crippen molar-refractivity contribution in [3.05, 3.63) is 41.0 Å². The molecule has 0 atom stereocenters. The summed E-state index contributed by atoms with van der Waals surface area (Å²) in [6.07, 6.45) is -8.50. The summed E-state index contributed by atoms with van der Waals surface area (Å²) in [6, 6.07) is 7.06.